The van der Waals surface area contributed by atoms with E-state index < -0.39 is 10.8 Å². The van der Waals surface area contributed by atoms with Crippen molar-refractivity contribution in [2.24, 2.45) is 7.05 Å². The highest BCUT2D eigenvalue weighted by Gasteiger charge is 2.23. The summed E-state index contributed by atoms with van der Waals surface area (Å²) in [5, 5.41) is 30.3. The Morgan fingerprint density at radius 2 is 2.23 bits per heavy atom. The molecule has 10 nitrogen and oxygen atoms in total. The minimum absolute atomic E-state index is 0.106. The fourth-order valence-electron chi connectivity index (χ4n) is 2.08. The maximum Gasteiger partial charge on any atom is 0.312 e. The molecule has 114 valence electrons. The van der Waals surface area contributed by atoms with Crippen molar-refractivity contribution in [2.45, 2.75) is 20.4 Å². The van der Waals surface area contributed by atoms with E-state index in [9.17, 15) is 14.9 Å². The molecule has 2 aromatic heterocycles. The van der Waals surface area contributed by atoms with E-state index in [4.69, 9.17) is 5.26 Å². The first-order valence-corrected chi connectivity index (χ1v) is 6.25. The molecule has 1 N–H and O–H groups in total. The molecule has 0 spiro atoms. The SMILES string of the molecule is Cc1nn(CC(=O)Nc2c(C#N)cnn2C)c(C)c1[N+](=O)[O-]. The molecule has 1 amide bonds. The molecule has 0 unspecified atom stereocenters. The van der Waals surface area contributed by atoms with Crippen molar-refractivity contribution in [1.82, 2.24) is 19.6 Å². The van der Waals surface area contributed by atoms with Crippen LogP contribution >= 0.6 is 0 Å². The summed E-state index contributed by atoms with van der Waals surface area (Å²) >= 11 is 0. The van der Waals surface area contributed by atoms with E-state index in [-0.39, 0.29) is 29.3 Å². The molecule has 0 aromatic carbocycles. The quantitative estimate of drug-likeness (QED) is 0.651. The third-order valence-electron chi connectivity index (χ3n) is 3.14. The number of nitrogens with one attached hydrogen (secondary N) is 1. The van der Waals surface area contributed by atoms with Crippen LogP contribution in [0.1, 0.15) is 17.0 Å². The highest BCUT2D eigenvalue weighted by molar-refractivity contribution is 5.90. The van der Waals surface area contributed by atoms with E-state index in [1.165, 1.54) is 29.4 Å². The first-order chi connectivity index (χ1) is 10.3. The van der Waals surface area contributed by atoms with Crippen LogP contribution < -0.4 is 5.32 Å². The summed E-state index contributed by atoms with van der Waals surface area (Å²) < 4.78 is 2.62. The minimum atomic E-state index is -0.527. The van der Waals surface area contributed by atoms with E-state index in [1.54, 1.807) is 7.05 Å². The monoisotopic (exact) mass is 303 g/mol. The summed E-state index contributed by atoms with van der Waals surface area (Å²) in [4.78, 5) is 22.5. The van der Waals surface area contributed by atoms with Gasteiger partial charge >= 0.3 is 5.69 Å². The number of rotatable bonds is 4. The zero-order valence-corrected chi connectivity index (χ0v) is 12.2. The van der Waals surface area contributed by atoms with Crippen molar-refractivity contribution >= 4 is 17.4 Å². The Bertz CT molecular complexity index is 796. The van der Waals surface area contributed by atoms with Crippen LogP contribution in [-0.4, -0.2) is 30.4 Å². The average molecular weight is 303 g/mol. The Labute approximate surface area is 125 Å². The highest BCUT2D eigenvalue weighted by Crippen LogP contribution is 2.21. The molecular weight excluding hydrogens is 290 g/mol. The van der Waals surface area contributed by atoms with Crippen LogP contribution in [-0.2, 0) is 18.4 Å². The lowest BCUT2D eigenvalue weighted by Crippen LogP contribution is -2.22. The predicted molar refractivity (Wildman–Crippen MR) is 74.9 cm³/mol. The van der Waals surface area contributed by atoms with Gasteiger partial charge < -0.3 is 5.32 Å². The maximum atomic E-state index is 12.1. The van der Waals surface area contributed by atoms with Gasteiger partial charge in [-0.2, -0.15) is 15.5 Å². The number of nitriles is 1. The van der Waals surface area contributed by atoms with Gasteiger partial charge in [0.1, 0.15) is 35.4 Å². The second-order valence-electron chi connectivity index (χ2n) is 4.62. The number of carbonyl (C=O) groups is 1. The fraction of sp³-hybridized carbons (Fsp3) is 0.333. The van der Waals surface area contributed by atoms with Gasteiger partial charge in [0.25, 0.3) is 0 Å². The maximum absolute atomic E-state index is 12.1. The van der Waals surface area contributed by atoms with E-state index >= 15 is 0 Å². The molecule has 2 rings (SSSR count). The summed E-state index contributed by atoms with van der Waals surface area (Å²) in [7, 11) is 1.59. The molecule has 2 aromatic rings. The Hall–Kier alpha value is -3.22. The summed E-state index contributed by atoms with van der Waals surface area (Å²) in [6, 6.07) is 1.92. The second-order valence-corrected chi connectivity index (χ2v) is 4.62. The third-order valence-corrected chi connectivity index (χ3v) is 3.14. The molecule has 0 atom stereocenters. The van der Waals surface area contributed by atoms with Gasteiger partial charge in [-0.1, -0.05) is 0 Å². The highest BCUT2D eigenvalue weighted by atomic mass is 16.6. The first-order valence-electron chi connectivity index (χ1n) is 6.25. The Kier molecular flexibility index (Phi) is 3.89. The summed E-state index contributed by atoms with van der Waals surface area (Å²) in [5.74, 6) is -0.191. The lowest BCUT2D eigenvalue weighted by atomic mass is 10.3. The summed E-state index contributed by atoms with van der Waals surface area (Å²) in [5.41, 5.74) is 0.665. The van der Waals surface area contributed by atoms with E-state index in [1.807, 2.05) is 6.07 Å². The largest absolute Gasteiger partial charge is 0.312 e. The number of aromatic nitrogens is 4. The summed E-state index contributed by atoms with van der Waals surface area (Å²) in [6.07, 6.45) is 1.34. The van der Waals surface area contributed by atoms with Crippen LogP contribution in [0, 0.1) is 35.3 Å². The topological polar surface area (TPSA) is 132 Å². The molecule has 10 heteroatoms. The zero-order chi connectivity index (χ0) is 16.4. The van der Waals surface area contributed by atoms with Gasteiger partial charge in [0, 0.05) is 7.05 Å². The zero-order valence-electron chi connectivity index (χ0n) is 12.2. The van der Waals surface area contributed by atoms with E-state index in [0.29, 0.717) is 5.69 Å². The molecule has 22 heavy (non-hydrogen) atoms. The number of nitrogens with zero attached hydrogens (tertiary/aromatic N) is 6. The molecule has 2 heterocycles. The lowest BCUT2D eigenvalue weighted by Gasteiger charge is -2.07. The van der Waals surface area contributed by atoms with E-state index in [2.05, 4.69) is 15.5 Å². The van der Waals surface area contributed by atoms with Crippen LogP contribution in [0.15, 0.2) is 6.20 Å². The Balaban J connectivity index is 2.20. The van der Waals surface area contributed by atoms with Crippen LogP contribution in [0.25, 0.3) is 0 Å². The van der Waals surface area contributed by atoms with Gasteiger partial charge in [-0.25, -0.2) is 0 Å². The van der Waals surface area contributed by atoms with Gasteiger partial charge in [0.15, 0.2) is 0 Å². The van der Waals surface area contributed by atoms with Gasteiger partial charge in [0.05, 0.1) is 11.1 Å². The second kappa shape index (κ2) is 5.65. The molecule has 0 aliphatic rings. The van der Waals surface area contributed by atoms with Crippen molar-refractivity contribution in [3.8, 4) is 6.07 Å². The molecular formula is C12H13N7O3. The van der Waals surface area contributed by atoms with Crippen molar-refractivity contribution in [1.29, 1.82) is 5.26 Å². The Morgan fingerprint density at radius 1 is 1.55 bits per heavy atom. The Morgan fingerprint density at radius 3 is 2.77 bits per heavy atom. The molecule has 0 aliphatic heterocycles. The molecule has 0 fully saturated rings. The number of aryl methyl sites for hydroxylation is 2. The van der Waals surface area contributed by atoms with Crippen molar-refractivity contribution in [3.63, 3.8) is 0 Å². The lowest BCUT2D eigenvalue weighted by molar-refractivity contribution is -0.386. The van der Waals surface area contributed by atoms with Gasteiger partial charge in [-0.05, 0) is 13.8 Å². The fourth-order valence-corrected chi connectivity index (χ4v) is 2.08. The predicted octanol–water partition coefficient (Wildman–Crippen LogP) is 0.652. The molecule has 0 aliphatic carbocycles. The standard InChI is InChI=1S/C12H13N7O3/c1-7-11(19(21)22)8(2)18(16-7)6-10(20)15-12-9(4-13)5-14-17(12)3/h5H,6H2,1-3H3,(H,15,20). The molecule has 0 bridgehead atoms. The van der Waals surface area contributed by atoms with Crippen LogP contribution in [0.4, 0.5) is 11.5 Å². The number of carbonyl (C=O) groups excluding carboxylic acids is 1. The summed E-state index contributed by atoms with van der Waals surface area (Å²) in [6.45, 7) is 2.83. The van der Waals surface area contributed by atoms with Crippen LogP contribution in [0.3, 0.4) is 0 Å². The average Bonchev–Trinajstić information content (AvgIpc) is 2.91. The number of nitro groups is 1. The number of hydrogen-bond donors (Lipinski definition) is 1. The van der Waals surface area contributed by atoms with Crippen LogP contribution in [0.5, 0.6) is 0 Å². The molecule has 0 saturated heterocycles. The minimum Gasteiger partial charge on any atom is -0.308 e. The molecule has 0 saturated carbocycles. The van der Waals surface area contributed by atoms with Crippen LogP contribution in [0.2, 0.25) is 0 Å². The number of amides is 1. The van der Waals surface area contributed by atoms with Gasteiger partial charge in [-0.3, -0.25) is 24.3 Å². The molecule has 0 radical (unpaired) electrons. The van der Waals surface area contributed by atoms with Crippen molar-refractivity contribution < 1.29 is 9.72 Å². The number of anilines is 1. The van der Waals surface area contributed by atoms with Gasteiger partial charge in [0.2, 0.25) is 5.91 Å². The van der Waals surface area contributed by atoms with E-state index in [0.717, 1.165) is 0 Å². The van der Waals surface area contributed by atoms with Crippen molar-refractivity contribution in [2.75, 3.05) is 5.32 Å². The number of hydrogen-bond acceptors (Lipinski definition) is 6. The van der Waals surface area contributed by atoms with Gasteiger partial charge in [-0.15, -0.1) is 0 Å². The normalized spacial score (nSPS) is 10.3. The van der Waals surface area contributed by atoms with Crippen molar-refractivity contribution in [3.05, 3.63) is 33.3 Å². The third kappa shape index (κ3) is 2.64. The first kappa shape index (κ1) is 15.2. The smallest absolute Gasteiger partial charge is 0.308 e.